The van der Waals surface area contributed by atoms with Crippen LogP contribution in [0.1, 0.15) is 12.0 Å². The zero-order valence-electron chi connectivity index (χ0n) is 16.6. The largest absolute Gasteiger partial charge is 0.493 e. The summed E-state index contributed by atoms with van der Waals surface area (Å²) < 4.78 is 71.9. The van der Waals surface area contributed by atoms with Gasteiger partial charge in [-0.05, 0) is 30.5 Å². The maximum atomic E-state index is 12.5. The Bertz CT molecular complexity index is 691. The molecule has 1 unspecified atom stereocenters. The fraction of sp³-hybridized carbons (Fsp3) is 0.611. The molecule has 1 atom stereocenters. The number of aliphatic imine (C=N–C) groups is 1. The van der Waals surface area contributed by atoms with Crippen LogP contribution in [-0.2, 0) is 6.42 Å². The molecule has 0 radical (unpaired) electrons. The van der Waals surface area contributed by atoms with E-state index in [4.69, 9.17) is 4.74 Å². The van der Waals surface area contributed by atoms with Crippen molar-refractivity contribution in [2.45, 2.75) is 31.7 Å². The molecule has 1 heterocycles. The summed E-state index contributed by atoms with van der Waals surface area (Å²) in [5.41, 5.74) is 0.752. The molecule has 0 spiro atoms. The first-order valence-electron chi connectivity index (χ1n) is 9.08. The van der Waals surface area contributed by atoms with Crippen LogP contribution < -0.4 is 20.1 Å². The lowest BCUT2D eigenvalue weighted by atomic mass is 10.1. The summed E-state index contributed by atoms with van der Waals surface area (Å²) in [7, 11) is 2.93. The summed E-state index contributed by atoms with van der Waals surface area (Å²) in [5.74, 6) is 0.642. The van der Waals surface area contributed by atoms with Gasteiger partial charge < -0.3 is 20.1 Å². The number of guanidine groups is 1. The number of ether oxygens (including phenoxy) is 2. The molecule has 1 saturated heterocycles. The highest BCUT2D eigenvalue weighted by atomic mass is 127. The van der Waals surface area contributed by atoms with Crippen LogP contribution >= 0.6 is 24.0 Å². The Kier molecular flexibility index (Phi) is 10.9. The van der Waals surface area contributed by atoms with Crippen molar-refractivity contribution in [1.82, 2.24) is 15.5 Å². The smallest absolute Gasteiger partial charge is 0.401 e. The Labute approximate surface area is 189 Å². The predicted molar refractivity (Wildman–Crippen MR) is 114 cm³/mol. The summed E-state index contributed by atoms with van der Waals surface area (Å²) in [6.07, 6.45) is -3.13. The number of benzene rings is 1. The second-order valence-electron chi connectivity index (χ2n) is 6.59. The van der Waals surface area contributed by atoms with Crippen molar-refractivity contribution >= 4 is 29.9 Å². The second kappa shape index (κ2) is 12.3. The minimum Gasteiger partial charge on any atom is -0.493 e. The van der Waals surface area contributed by atoms with E-state index in [2.05, 4.69) is 20.4 Å². The highest BCUT2D eigenvalue weighted by molar-refractivity contribution is 14.0. The van der Waals surface area contributed by atoms with E-state index in [0.717, 1.165) is 5.56 Å². The molecule has 0 amide bonds. The Balaban J connectivity index is 0.00000450. The highest BCUT2D eigenvalue weighted by Gasteiger charge is 2.34. The fourth-order valence-electron chi connectivity index (χ4n) is 3.13. The average molecular weight is 552 g/mol. The molecular weight excluding hydrogens is 526 g/mol. The first-order chi connectivity index (χ1) is 13.7. The van der Waals surface area contributed by atoms with Crippen LogP contribution in [0.4, 0.5) is 22.0 Å². The van der Waals surface area contributed by atoms with Crippen LogP contribution in [0.15, 0.2) is 23.2 Å². The number of likely N-dealkylation sites (tertiary alicyclic amines) is 1. The third kappa shape index (κ3) is 9.06. The molecule has 1 aliphatic rings. The van der Waals surface area contributed by atoms with Gasteiger partial charge in [0.05, 0.1) is 13.7 Å². The molecule has 172 valence electrons. The van der Waals surface area contributed by atoms with Gasteiger partial charge in [-0.1, -0.05) is 6.07 Å². The van der Waals surface area contributed by atoms with Gasteiger partial charge in [0.15, 0.2) is 17.5 Å². The number of alkyl halides is 5. The van der Waals surface area contributed by atoms with Gasteiger partial charge in [0, 0.05) is 32.7 Å². The summed E-state index contributed by atoms with van der Waals surface area (Å²) >= 11 is 0. The molecule has 2 N–H and O–H groups in total. The number of rotatable bonds is 8. The van der Waals surface area contributed by atoms with Gasteiger partial charge in [0.25, 0.3) is 0 Å². The minimum atomic E-state index is -4.21. The van der Waals surface area contributed by atoms with Crippen molar-refractivity contribution in [3.63, 3.8) is 0 Å². The maximum Gasteiger partial charge on any atom is 0.401 e. The molecular formula is C18H26F5IN4O2. The lowest BCUT2D eigenvalue weighted by Gasteiger charge is -2.20. The molecule has 1 fully saturated rings. The first-order valence-corrected chi connectivity index (χ1v) is 9.08. The number of nitrogens with zero attached hydrogens (tertiary/aromatic N) is 2. The molecule has 1 aliphatic heterocycles. The topological polar surface area (TPSA) is 58.1 Å². The van der Waals surface area contributed by atoms with Gasteiger partial charge in [0.1, 0.15) is 0 Å². The highest BCUT2D eigenvalue weighted by Crippen LogP contribution is 2.29. The molecule has 0 bridgehead atoms. The van der Waals surface area contributed by atoms with E-state index in [1.54, 1.807) is 19.2 Å². The molecule has 1 aromatic rings. The van der Waals surface area contributed by atoms with E-state index in [9.17, 15) is 22.0 Å². The quantitative estimate of drug-likeness (QED) is 0.225. The van der Waals surface area contributed by atoms with Crippen molar-refractivity contribution in [3.8, 4) is 11.5 Å². The van der Waals surface area contributed by atoms with Gasteiger partial charge in [-0.3, -0.25) is 9.89 Å². The normalized spacial score (nSPS) is 17.6. The van der Waals surface area contributed by atoms with Crippen molar-refractivity contribution < 1.29 is 31.4 Å². The summed E-state index contributed by atoms with van der Waals surface area (Å²) in [6.45, 7) is -2.78. The lowest BCUT2D eigenvalue weighted by Crippen LogP contribution is -2.45. The number of hydrogen-bond donors (Lipinski definition) is 2. The van der Waals surface area contributed by atoms with Crippen molar-refractivity contribution in [3.05, 3.63) is 23.8 Å². The zero-order chi connectivity index (χ0) is 21.4. The number of methoxy groups -OCH3 is 1. The Morgan fingerprint density at radius 1 is 1.30 bits per heavy atom. The molecule has 0 saturated carbocycles. The maximum absolute atomic E-state index is 12.5. The van der Waals surface area contributed by atoms with E-state index in [1.807, 2.05) is 0 Å². The number of halogens is 6. The average Bonchev–Trinajstić information content (AvgIpc) is 3.05. The summed E-state index contributed by atoms with van der Waals surface area (Å²) in [5, 5.41) is 6.18. The molecule has 0 aliphatic carbocycles. The van der Waals surface area contributed by atoms with Crippen molar-refractivity contribution in [2.75, 3.05) is 40.3 Å². The van der Waals surface area contributed by atoms with Crippen LogP contribution in [0, 0.1) is 0 Å². The number of hydrogen-bond acceptors (Lipinski definition) is 4. The summed E-state index contributed by atoms with van der Waals surface area (Å²) in [4.78, 5) is 5.43. The van der Waals surface area contributed by atoms with Gasteiger partial charge >= 0.3 is 12.8 Å². The molecule has 0 aromatic heterocycles. The van der Waals surface area contributed by atoms with E-state index in [-0.39, 0.29) is 48.1 Å². The molecule has 30 heavy (non-hydrogen) atoms. The van der Waals surface area contributed by atoms with E-state index in [0.29, 0.717) is 31.9 Å². The van der Waals surface area contributed by atoms with Crippen molar-refractivity contribution in [1.29, 1.82) is 0 Å². The van der Waals surface area contributed by atoms with Gasteiger partial charge in [-0.2, -0.15) is 22.0 Å². The Morgan fingerprint density at radius 3 is 2.63 bits per heavy atom. The van der Waals surface area contributed by atoms with Crippen LogP contribution in [0.25, 0.3) is 0 Å². The zero-order valence-corrected chi connectivity index (χ0v) is 19.0. The monoisotopic (exact) mass is 552 g/mol. The SMILES string of the molecule is CN=C(NCCc1ccc(OC)c(OC(F)F)c1)NC1CCN(CC(F)(F)F)C1.I. The first kappa shape index (κ1) is 26.5. The Hall–Kier alpha value is -1.57. The van der Waals surface area contributed by atoms with Crippen LogP contribution in [0.5, 0.6) is 11.5 Å². The molecule has 2 rings (SSSR count). The Morgan fingerprint density at radius 2 is 2.03 bits per heavy atom. The molecule has 12 heteroatoms. The standard InChI is InChI=1S/C18H25F5N4O2.HI/c1-24-17(26-13-6-8-27(10-13)11-18(21,22)23)25-7-5-12-3-4-14(28-2)15(9-12)29-16(19)20;/h3-4,9,13,16H,5-8,10-11H2,1-2H3,(H2,24,25,26);1H. The van der Waals surface area contributed by atoms with Crippen LogP contribution in [-0.4, -0.2) is 70.0 Å². The predicted octanol–water partition coefficient (Wildman–Crippen LogP) is 3.26. The number of nitrogens with one attached hydrogen (secondary N) is 2. The van der Waals surface area contributed by atoms with Gasteiger partial charge in [-0.15, -0.1) is 24.0 Å². The van der Waals surface area contributed by atoms with Crippen LogP contribution in [0.3, 0.4) is 0 Å². The molecule has 1 aromatic carbocycles. The van der Waals surface area contributed by atoms with Crippen molar-refractivity contribution in [2.24, 2.45) is 4.99 Å². The fourth-order valence-corrected chi connectivity index (χ4v) is 3.13. The summed E-state index contributed by atoms with van der Waals surface area (Å²) in [6, 6.07) is 4.64. The van der Waals surface area contributed by atoms with Crippen LogP contribution in [0.2, 0.25) is 0 Å². The third-order valence-corrected chi connectivity index (χ3v) is 4.39. The second-order valence-corrected chi connectivity index (χ2v) is 6.59. The molecule has 6 nitrogen and oxygen atoms in total. The van der Waals surface area contributed by atoms with Gasteiger partial charge in [0.2, 0.25) is 0 Å². The minimum absolute atomic E-state index is 0. The lowest BCUT2D eigenvalue weighted by molar-refractivity contribution is -0.143. The van der Waals surface area contributed by atoms with E-state index < -0.39 is 19.3 Å². The van der Waals surface area contributed by atoms with E-state index >= 15 is 0 Å². The van der Waals surface area contributed by atoms with E-state index in [1.165, 1.54) is 18.1 Å². The van der Waals surface area contributed by atoms with Gasteiger partial charge in [-0.25, -0.2) is 0 Å². The third-order valence-electron chi connectivity index (χ3n) is 4.39.